The van der Waals surface area contributed by atoms with Crippen molar-refractivity contribution in [2.75, 3.05) is 0 Å². The van der Waals surface area contributed by atoms with Gasteiger partial charge in [-0.1, -0.05) is 13.8 Å². The molecule has 0 radical (unpaired) electrons. The molecule has 0 amide bonds. The molecule has 0 heterocycles. The van der Waals surface area contributed by atoms with Crippen LogP contribution in [0.4, 0.5) is 0 Å². The quantitative estimate of drug-likeness (QED) is 0.733. The molecule has 0 aromatic rings. The van der Waals surface area contributed by atoms with E-state index in [9.17, 15) is 9.59 Å². The number of carboxylic acid groups (broad SMARTS) is 1. The van der Waals surface area contributed by atoms with Crippen LogP contribution in [0.2, 0.25) is 0 Å². The second-order valence-corrected chi connectivity index (χ2v) is 5.18. The molecule has 3 heteroatoms. The van der Waals surface area contributed by atoms with Gasteiger partial charge in [0.2, 0.25) is 0 Å². The van der Waals surface area contributed by atoms with Crippen LogP contribution in [0.25, 0.3) is 0 Å². The Balaban J connectivity index is 2.36. The van der Waals surface area contributed by atoms with Gasteiger partial charge in [0.05, 0.1) is 6.42 Å². The third kappa shape index (κ3) is 0.928. The van der Waals surface area contributed by atoms with Gasteiger partial charge in [-0.25, -0.2) is 0 Å². The van der Waals surface area contributed by atoms with Crippen LogP contribution in [0.3, 0.4) is 0 Å². The first kappa shape index (κ1) is 9.69. The number of aliphatic carboxylic acids is 1. The third-order valence-corrected chi connectivity index (χ3v) is 4.72. The van der Waals surface area contributed by atoms with Crippen molar-refractivity contribution in [3.63, 3.8) is 0 Å². The van der Waals surface area contributed by atoms with Crippen molar-refractivity contribution in [3.8, 4) is 0 Å². The minimum atomic E-state index is -0.777. The molecule has 78 valence electrons. The van der Waals surface area contributed by atoms with Gasteiger partial charge in [0.25, 0.3) is 0 Å². The lowest BCUT2D eigenvalue weighted by molar-refractivity contribution is -0.142. The van der Waals surface area contributed by atoms with E-state index in [1.54, 1.807) is 0 Å². The summed E-state index contributed by atoms with van der Waals surface area (Å²) in [5.41, 5.74) is -0.661. The normalized spacial score (nSPS) is 45.9. The van der Waals surface area contributed by atoms with E-state index >= 15 is 0 Å². The lowest BCUT2D eigenvalue weighted by Gasteiger charge is -2.35. The average Bonchev–Trinajstić information content (AvgIpc) is 2.37. The van der Waals surface area contributed by atoms with Crippen molar-refractivity contribution in [2.24, 2.45) is 16.7 Å². The van der Waals surface area contributed by atoms with Gasteiger partial charge in [-0.05, 0) is 24.2 Å². The van der Waals surface area contributed by atoms with Crippen LogP contribution >= 0.6 is 0 Å². The van der Waals surface area contributed by atoms with Crippen molar-refractivity contribution in [2.45, 2.75) is 39.5 Å². The summed E-state index contributed by atoms with van der Waals surface area (Å²) in [6.07, 6.45) is 2.63. The predicted octanol–water partition coefficient (Wildman–Crippen LogP) is 1.86. The Morgan fingerprint density at radius 1 is 1.57 bits per heavy atom. The van der Waals surface area contributed by atoms with Gasteiger partial charge >= 0.3 is 5.97 Å². The maximum absolute atomic E-state index is 11.8. The molecule has 3 nitrogen and oxygen atoms in total. The van der Waals surface area contributed by atoms with Gasteiger partial charge < -0.3 is 5.11 Å². The Hall–Kier alpha value is -0.860. The van der Waals surface area contributed by atoms with Crippen LogP contribution < -0.4 is 0 Å². The highest BCUT2D eigenvalue weighted by atomic mass is 16.4. The molecule has 0 spiro atoms. The molecule has 0 unspecified atom stereocenters. The number of carbonyl (C=O) groups excluding carboxylic acids is 1. The highest BCUT2D eigenvalue weighted by molar-refractivity contribution is 5.90. The first-order valence-corrected chi connectivity index (χ1v) is 5.15. The number of hydrogen-bond donors (Lipinski definition) is 1. The van der Waals surface area contributed by atoms with Crippen molar-refractivity contribution in [1.82, 2.24) is 0 Å². The molecule has 2 saturated carbocycles. The highest BCUT2D eigenvalue weighted by Gasteiger charge is 2.64. The van der Waals surface area contributed by atoms with Gasteiger partial charge in [-0.3, -0.25) is 9.59 Å². The monoisotopic (exact) mass is 196 g/mol. The number of carbonyl (C=O) groups is 2. The highest BCUT2D eigenvalue weighted by Crippen LogP contribution is 2.65. The standard InChI is InChI=1S/C11H16O3/c1-10-4-3-7(5-8(10)12)11(10,2)6-9(13)14/h7H,3-6H2,1-2H3,(H,13,14)/t7-,10+,11-/m1/s1. The molecule has 14 heavy (non-hydrogen) atoms. The zero-order chi connectivity index (χ0) is 10.6. The Morgan fingerprint density at radius 2 is 2.21 bits per heavy atom. The Labute approximate surface area is 83.5 Å². The fourth-order valence-corrected chi connectivity index (χ4v) is 3.41. The van der Waals surface area contributed by atoms with Crippen LogP contribution in [-0.2, 0) is 9.59 Å². The van der Waals surface area contributed by atoms with E-state index < -0.39 is 5.97 Å². The van der Waals surface area contributed by atoms with Crippen molar-refractivity contribution >= 4 is 11.8 Å². The van der Waals surface area contributed by atoms with E-state index in [2.05, 4.69) is 0 Å². The Morgan fingerprint density at radius 3 is 2.57 bits per heavy atom. The molecule has 2 fully saturated rings. The minimum absolute atomic E-state index is 0.139. The fraction of sp³-hybridized carbons (Fsp3) is 0.818. The van der Waals surface area contributed by atoms with Gasteiger partial charge in [-0.15, -0.1) is 0 Å². The third-order valence-electron chi connectivity index (χ3n) is 4.72. The summed E-state index contributed by atoms with van der Waals surface area (Å²) in [5.74, 6) is -0.200. The summed E-state index contributed by atoms with van der Waals surface area (Å²) >= 11 is 0. The van der Waals surface area contributed by atoms with Gasteiger partial charge in [-0.2, -0.15) is 0 Å². The van der Waals surface area contributed by atoms with Gasteiger partial charge in [0, 0.05) is 11.8 Å². The summed E-state index contributed by atoms with van der Waals surface area (Å²) in [4.78, 5) is 22.6. The molecule has 2 rings (SSSR count). The number of ketones is 1. The van der Waals surface area contributed by atoms with Crippen molar-refractivity contribution in [3.05, 3.63) is 0 Å². The van der Waals surface area contributed by atoms with Crippen molar-refractivity contribution in [1.29, 1.82) is 0 Å². The van der Waals surface area contributed by atoms with Gasteiger partial charge in [0.1, 0.15) is 5.78 Å². The minimum Gasteiger partial charge on any atom is -0.481 e. The largest absolute Gasteiger partial charge is 0.481 e. The zero-order valence-corrected chi connectivity index (χ0v) is 8.67. The number of carboxylic acids is 1. The molecule has 3 atom stereocenters. The van der Waals surface area contributed by atoms with E-state index in [1.807, 2.05) is 13.8 Å². The molecule has 2 bridgehead atoms. The van der Waals surface area contributed by atoms with E-state index in [4.69, 9.17) is 5.11 Å². The predicted molar refractivity (Wildman–Crippen MR) is 50.8 cm³/mol. The summed E-state index contributed by atoms with van der Waals surface area (Å²) in [6.45, 7) is 3.93. The van der Waals surface area contributed by atoms with Crippen LogP contribution in [-0.4, -0.2) is 16.9 Å². The number of fused-ring (bicyclic) bond motifs is 2. The topological polar surface area (TPSA) is 54.4 Å². The zero-order valence-electron chi connectivity index (χ0n) is 8.67. The summed E-state index contributed by atoms with van der Waals surface area (Å²) < 4.78 is 0. The van der Waals surface area contributed by atoms with E-state index in [0.717, 1.165) is 12.8 Å². The molecule has 1 N–H and O–H groups in total. The van der Waals surface area contributed by atoms with Crippen LogP contribution in [0, 0.1) is 16.7 Å². The first-order valence-electron chi connectivity index (χ1n) is 5.15. The van der Waals surface area contributed by atoms with Crippen LogP contribution in [0.5, 0.6) is 0 Å². The second-order valence-electron chi connectivity index (χ2n) is 5.18. The lowest BCUT2D eigenvalue weighted by atomic mass is 9.67. The molecule has 0 aromatic heterocycles. The van der Waals surface area contributed by atoms with E-state index in [-0.39, 0.29) is 23.0 Å². The van der Waals surface area contributed by atoms with Crippen LogP contribution in [0.1, 0.15) is 39.5 Å². The first-order chi connectivity index (χ1) is 6.40. The van der Waals surface area contributed by atoms with E-state index in [1.165, 1.54) is 0 Å². The molecule has 0 aliphatic heterocycles. The summed E-state index contributed by atoms with van der Waals surface area (Å²) in [5, 5.41) is 8.89. The van der Waals surface area contributed by atoms with Crippen LogP contribution in [0.15, 0.2) is 0 Å². The van der Waals surface area contributed by atoms with Gasteiger partial charge in [0.15, 0.2) is 0 Å². The van der Waals surface area contributed by atoms with Crippen molar-refractivity contribution < 1.29 is 14.7 Å². The lowest BCUT2D eigenvalue weighted by Crippen LogP contribution is -2.36. The fourth-order valence-electron chi connectivity index (χ4n) is 3.41. The maximum atomic E-state index is 11.8. The molecule has 0 aromatic carbocycles. The Bertz CT molecular complexity index is 310. The maximum Gasteiger partial charge on any atom is 0.303 e. The molecule has 2 aliphatic carbocycles. The Kier molecular flexibility index (Phi) is 1.79. The number of Topliss-reactive ketones (excluding diaryl/α,β-unsaturated/α-hetero) is 1. The molecular weight excluding hydrogens is 180 g/mol. The molecular formula is C11H16O3. The molecule has 2 aliphatic rings. The second kappa shape index (κ2) is 2.59. The number of hydrogen-bond acceptors (Lipinski definition) is 2. The average molecular weight is 196 g/mol. The summed E-state index contributed by atoms with van der Waals surface area (Å²) in [7, 11) is 0. The number of rotatable bonds is 2. The molecule has 0 saturated heterocycles. The SMILES string of the molecule is C[C@]12CC[C@H](CC1=O)[C@@]2(C)CC(=O)O. The smallest absolute Gasteiger partial charge is 0.303 e. The summed E-state index contributed by atoms with van der Waals surface area (Å²) in [6, 6.07) is 0. The van der Waals surface area contributed by atoms with E-state index in [0.29, 0.717) is 12.3 Å².